The van der Waals surface area contributed by atoms with Gasteiger partial charge < -0.3 is 14.4 Å². The van der Waals surface area contributed by atoms with Gasteiger partial charge in [0.1, 0.15) is 0 Å². The fourth-order valence-electron chi connectivity index (χ4n) is 4.00. The van der Waals surface area contributed by atoms with Crippen LogP contribution in [-0.2, 0) is 14.3 Å². The van der Waals surface area contributed by atoms with E-state index in [0.717, 1.165) is 50.9 Å². The molecule has 0 radical (unpaired) electrons. The minimum absolute atomic E-state index is 0.00364. The Morgan fingerprint density at radius 1 is 0.963 bits per heavy atom. The molecule has 0 atom stereocenters. The third kappa shape index (κ3) is 4.09. The highest BCUT2D eigenvalue weighted by Crippen LogP contribution is 2.33. The third-order valence-electron chi connectivity index (χ3n) is 5.64. The van der Waals surface area contributed by atoms with Gasteiger partial charge in [-0.1, -0.05) is 6.42 Å². The van der Waals surface area contributed by atoms with E-state index in [4.69, 9.17) is 9.47 Å². The lowest BCUT2D eigenvalue weighted by atomic mass is 10.0. The number of hydrogen-bond acceptors (Lipinski definition) is 5. The number of nitrogens with zero attached hydrogens (tertiary/aromatic N) is 2. The number of nitrogens with one attached hydrogen (secondary N) is 1. The van der Waals surface area contributed by atoms with Crippen molar-refractivity contribution in [2.75, 3.05) is 37.7 Å². The van der Waals surface area contributed by atoms with Gasteiger partial charge in [-0.15, -0.1) is 0 Å². The van der Waals surface area contributed by atoms with Gasteiger partial charge in [0.25, 0.3) is 5.91 Å². The highest BCUT2D eigenvalue weighted by Gasteiger charge is 2.39. The van der Waals surface area contributed by atoms with E-state index in [2.05, 4.69) is 10.3 Å². The number of benzene rings is 1. The fourth-order valence-corrected chi connectivity index (χ4v) is 4.00. The second kappa shape index (κ2) is 7.86. The van der Waals surface area contributed by atoms with Crippen molar-refractivity contribution in [2.45, 2.75) is 44.3 Å². The van der Waals surface area contributed by atoms with Gasteiger partial charge in [-0.05, 0) is 37.1 Å². The van der Waals surface area contributed by atoms with Crippen molar-refractivity contribution in [3.05, 3.63) is 29.8 Å². The van der Waals surface area contributed by atoms with Crippen LogP contribution in [0.15, 0.2) is 24.3 Å². The Kier molecular flexibility index (Phi) is 5.31. The predicted octanol–water partition coefficient (Wildman–Crippen LogP) is 2.08. The Morgan fingerprint density at radius 3 is 2.37 bits per heavy atom. The summed E-state index contributed by atoms with van der Waals surface area (Å²) in [6, 6.07) is 7.57. The summed E-state index contributed by atoms with van der Waals surface area (Å²) in [6.45, 7) is 3.69. The molecule has 4 rings (SSSR count). The fraction of sp³-hybridized carbons (Fsp3) is 0.600. The summed E-state index contributed by atoms with van der Waals surface area (Å²) < 4.78 is 11.5. The number of hydrazine groups is 1. The van der Waals surface area contributed by atoms with Crippen LogP contribution in [0.1, 0.15) is 48.9 Å². The minimum Gasteiger partial charge on any atom is -0.371 e. The van der Waals surface area contributed by atoms with Gasteiger partial charge in [0.15, 0.2) is 5.79 Å². The summed E-state index contributed by atoms with van der Waals surface area (Å²) in [6.07, 6.45) is 5.06. The summed E-state index contributed by atoms with van der Waals surface area (Å²) in [5, 5.41) is 1.47. The van der Waals surface area contributed by atoms with Crippen molar-refractivity contribution < 1.29 is 19.1 Å². The summed E-state index contributed by atoms with van der Waals surface area (Å²) in [4.78, 5) is 26.8. The smallest absolute Gasteiger partial charge is 0.269 e. The molecule has 7 heteroatoms. The summed E-state index contributed by atoms with van der Waals surface area (Å²) >= 11 is 0. The van der Waals surface area contributed by atoms with E-state index in [0.29, 0.717) is 31.7 Å². The molecule has 7 nitrogen and oxygen atoms in total. The Bertz CT molecular complexity index is 675. The zero-order valence-electron chi connectivity index (χ0n) is 15.6. The van der Waals surface area contributed by atoms with Crippen LogP contribution in [0.25, 0.3) is 0 Å². The van der Waals surface area contributed by atoms with Gasteiger partial charge >= 0.3 is 0 Å². The molecule has 1 aromatic carbocycles. The van der Waals surface area contributed by atoms with Crippen molar-refractivity contribution >= 4 is 17.5 Å². The highest BCUT2D eigenvalue weighted by molar-refractivity contribution is 5.95. The number of amides is 2. The highest BCUT2D eigenvalue weighted by atomic mass is 16.7. The average molecular weight is 373 g/mol. The van der Waals surface area contributed by atoms with E-state index in [-0.39, 0.29) is 17.6 Å². The van der Waals surface area contributed by atoms with E-state index in [1.165, 1.54) is 5.01 Å². The maximum Gasteiger partial charge on any atom is 0.269 e. The number of piperidine rings is 1. The molecule has 3 fully saturated rings. The maximum atomic E-state index is 12.5. The quantitative estimate of drug-likeness (QED) is 0.878. The SMILES string of the molecule is O=C(NN1CCCCCC1=O)c1ccc(N2CCC3(CC2)OCCO3)cc1. The maximum absolute atomic E-state index is 12.5. The minimum atomic E-state index is -0.379. The van der Waals surface area contributed by atoms with Crippen molar-refractivity contribution in [3.63, 3.8) is 0 Å². The van der Waals surface area contributed by atoms with E-state index in [9.17, 15) is 9.59 Å². The first-order valence-electron chi connectivity index (χ1n) is 9.90. The van der Waals surface area contributed by atoms with Crippen molar-refractivity contribution in [1.29, 1.82) is 0 Å². The number of carbonyl (C=O) groups is 2. The summed E-state index contributed by atoms with van der Waals surface area (Å²) in [5.74, 6) is -0.617. The van der Waals surface area contributed by atoms with Crippen LogP contribution in [0.5, 0.6) is 0 Å². The lowest BCUT2D eigenvalue weighted by Crippen LogP contribution is -2.46. The van der Waals surface area contributed by atoms with E-state index < -0.39 is 0 Å². The van der Waals surface area contributed by atoms with Crippen LogP contribution in [0.3, 0.4) is 0 Å². The molecule has 146 valence electrons. The number of anilines is 1. The molecule has 2 amide bonds. The molecular formula is C20H27N3O4. The lowest BCUT2D eigenvalue weighted by Gasteiger charge is -2.38. The first-order chi connectivity index (χ1) is 13.2. The summed E-state index contributed by atoms with van der Waals surface area (Å²) in [5.41, 5.74) is 4.41. The first kappa shape index (κ1) is 18.3. The number of ether oxygens (including phenoxy) is 2. The van der Waals surface area contributed by atoms with Crippen molar-refractivity contribution in [1.82, 2.24) is 10.4 Å². The molecule has 0 aromatic heterocycles. The van der Waals surface area contributed by atoms with Gasteiger partial charge in [-0.3, -0.25) is 20.0 Å². The van der Waals surface area contributed by atoms with Gasteiger partial charge in [-0.2, -0.15) is 0 Å². The molecule has 0 saturated carbocycles. The van der Waals surface area contributed by atoms with Crippen LogP contribution in [0.2, 0.25) is 0 Å². The molecule has 0 bridgehead atoms. The van der Waals surface area contributed by atoms with E-state index in [1.807, 2.05) is 24.3 Å². The Hall–Kier alpha value is -2.12. The average Bonchev–Trinajstić information content (AvgIpc) is 3.05. The summed E-state index contributed by atoms with van der Waals surface area (Å²) in [7, 11) is 0. The van der Waals surface area contributed by atoms with Crippen LogP contribution in [-0.4, -0.2) is 55.5 Å². The van der Waals surface area contributed by atoms with Crippen molar-refractivity contribution in [3.8, 4) is 0 Å². The van der Waals surface area contributed by atoms with Crippen molar-refractivity contribution in [2.24, 2.45) is 0 Å². The van der Waals surface area contributed by atoms with Gasteiger partial charge in [-0.25, -0.2) is 0 Å². The molecule has 3 aliphatic heterocycles. The molecule has 0 aliphatic carbocycles. The second-order valence-electron chi connectivity index (χ2n) is 7.44. The Balaban J connectivity index is 1.34. The van der Waals surface area contributed by atoms with Gasteiger partial charge in [0, 0.05) is 50.1 Å². The van der Waals surface area contributed by atoms with Crippen LogP contribution in [0, 0.1) is 0 Å². The van der Waals surface area contributed by atoms with Crippen LogP contribution in [0.4, 0.5) is 5.69 Å². The molecule has 3 heterocycles. The number of carbonyl (C=O) groups excluding carboxylic acids is 2. The molecule has 1 N–H and O–H groups in total. The molecular weight excluding hydrogens is 346 g/mol. The molecule has 1 spiro atoms. The standard InChI is InChI=1S/C20H27N3O4/c24-18-4-2-1-3-11-23(18)21-19(25)16-5-7-17(8-6-16)22-12-9-20(10-13-22)26-14-15-27-20/h5-8H,1-4,9-15H2,(H,21,25). The largest absolute Gasteiger partial charge is 0.371 e. The van der Waals surface area contributed by atoms with E-state index >= 15 is 0 Å². The predicted molar refractivity (Wildman–Crippen MR) is 100 cm³/mol. The second-order valence-corrected chi connectivity index (χ2v) is 7.44. The molecule has 0 unspecified atom stereocenters. The Labute approximate surface area is 159 Å². The lowest BCUT2D eigenvalue weighted by molar-refractivity contribution is -0.169. The molecule has 3 aliphatic rings. The van der Waals surface area contributed by atoms with Crippen LogP contribution < -0.4 is 10.3 Å². The monoisotopic (exact) mass is 373 g/mol. The molecule has 1 aromatic rings. The normalized spacial score (nSPS) is 22.7. The third-order valence-corrected chi connectivity index (χ3v) is 5.64. The molecule has 27 heavy (non-hydrogen) atoms. The zero-order chi connectivity index (χ0) is 18.7. The van der Waals surface area contributed by atoms with Gasteiger partial charge in [0.05, 0.1) is 13.2 Å². The molecule has 3 saturated heterocycles. The van der Waals surface area contributed by atoms with E-state index in [1.54, 1.807) is 0 Å². The van der Waals surface area contributed by atoms with Crippen LogP contribution >= 0.6 is 0 Å². The zero-order valence-corrected chi connectivity index (χ0v) is 15.6. The first-order valence-corrected chi connectivity index (χ1v) is 9.90. The topological polar surface area (TPSA) is 71.1 Å². The number of hydrogen-bond donors (Lipinski definition) is 1. The number of rotatable bonds is 3. The van der Waals surface area contributed by atoms with Gasteiger partial charge in [0.2, 0.25) is 5.91 Å². The Morgan fingerprint density at radius 2 is 1.67 bits per heavy atom.